The van der Waals surface area contributed by atoms with E-state index in [2.05, 4.69) is 31.3 Å². The van der Waals surface area contributed by atoms with Crippen molar-refractivity contribution >= 4 is 11.7 Å². The van der Waals surface area contributed by atoms with Crippen LogP contribution in [0, 0.1) is 18.6 Å². The van der Waals surface area contributed by atoms with E-state index in [1.165, 1.54) is 16.7 Å². The standard InChI is InChI=1S/C17H17F2N7O2/c1-9-5-11(7-16(27)26(9)2)20-17(28)21-14(8-15-22-24-25-23-15)12-4-3-10(18)6-13(12)19/h3-7,14H,8H2,1-2H3,(H2,20,21,28)(H,22,23,24,25). The molecule has 3 aromatic rings. The molecule has 2 aromatic heterocycles. The van der Waals surface area contributed by atoms with Crippen LogP contribution in [-0.2, 0) is 13.5 Å². The van der Waals surface area contributed by atoms with Crippen LogP contribution in [0.3, 0.4) is 0 Å². The number of H-pyrrole nitrogens is 1. The number of anilines is 1. The lowest BCUT2D eigenvalue weighted by atomic mass is 10.0. The van der Waals surface area contributed by atoms with Gasteiger partial charge in [0.2, 0.25) is 0 Å². The lowest BCUT2D eigenvalue weighted by Gasteiger charge is -2.19. The minimum atomic E-state index is -0.897. The minimum Gasteiger partial charge on any atom is -0.330 e. The summed E-state index contributed by atoms with van der Waals surface area (Å²) < 4.78 is 28.9. The van der Waals surface area contributed by atoms with Crippen LogP contribution in [0.15, 0.2) is 35.1 Å². The van der Waals surface area contributed by atoms with Gasteiger partial charge in [0.25, 0.3) is 5.56 Å². The van der Waals surface area contributed by atoms with Crippen LogP contribution in [0.2, 0.25) is 0 Å². The maximum absolute atomic E-state index is 14.2. The molecule has 0 bridgehead atoms. The molecule has 2 heterocycles. The highest BCUT2D eigenvalue weighted by molar-refractivity contribution is 5.89. The summed E-state index contributed by atoms with van der Waals surface area (Å²) in [6, 6.07) is 4.36. The maximum atomic E-state index is 14.2. The maximum Gasteiger partial charge on any atom is 0.319 e. The van der Waals surface area contributed by atoms with E-state index in [0.29, 0.717) is 5.69 Å². The molecule has 3 N–H and O–H groups in total. The number of nitrogens with zero attached hydrogens (tertiary/aromatic N) is 4. The van der Waals surface area contributed by atoms with Gasteiger partial charge in [-0.2, -0.15) is 5.21 Å². The number of hydrogen-bond donors (Lipinski definition) is 3. The van der Waals surface area contributed by atoms with Crippen molar-refractivity contribution in [1.29, 1.82) is 0 Å². The quantitative estimate of drug-likeness (QED) is 0.613. The largest absolute Gasteiger partial charge is 0.330 e. The van der Waals surface area contributed by atoms with Crippen molar-refractivity contribution < 1.29 is 13.6 Å². The first-order chi connectivity index (χ1) is 13.3. The molecule has 1 aromatic carbocycles. The second-order valence-electron chi connectivity index (χ2n) is 6.13. The zero-order valence-corrected chi connectivity index (χ0v) is 15.0. The zero-order valence-electron chi connectivity index (χ0n) is 15.0. The Morgan fingerprint density at radius 3 is 2.71 bits per heavy atom. The Morgan fingerprint density at radius 1 is 1.29 bits per heavy atom. The minimum absolute atomic E-state index is 0.0159. The first-order valence-electron chi connectivity index (χ1n) is 8.26. The Balaban J connectivity index is 1.82. The number of rotatable bonds is 5. The summed E-state index contributed by atoms with van der Waals surface area (Å²) in [5, 5.41) is 18.4. The molecule has 0 aliphatic heterocycles. The number of carbonyl (C=O) groups is 1. The number of nitrogens with one attached hydrogen (secondary N) is 3. The third kappa shape index (κ3) is 4.37. The molecule has 28 heavy (non-hydrogen) atoms. The molecule has 3 rings (SSSR count). The summed E-state index contributed by atoms with van der Waals surface area (Å²) in [4.78, 5) is 24.3. The first kappa shape index (κ1) is 19.1. The average Bonchev–Trinajstić information content (AvgIpc) is 3.12. The molecule has 146 valence electrons. The number of pyridine rings is 1. The van der Waals surface area contributed by atoms with Crippen LogP contribution < -0.4 is 16.2 Å². The number of benzene rings is 1. The number of halogens is 2. The van der Waals surface area contributed by atoms with Gasteiger partial charge in [-0.15, -0.1) is 10.2 Å². The van der Waals surface area contributed by atoms with E-state index < -0.39 is 23.7 Å². The summed E-state index contributed by atoms with van der Waals surface area (Å²) >= 11 is 0. The number of aromatic amines is 1. The van der Waals surface area contributed by atoms with Crippen molar-refractivity contribution in [2.24, 2.45) is 7.05 Å². The van der Waals surface area contributed by atoms with Crippen LogP contribution in [-0.4, -0.2) is 31.2 Å². The molecule has 0 fully saturated rings. The summed E-state index contributed by atoms with van der Waals surface area (Å²) in [6.45, 7) is 1.72. The molecule has 0 saturated carbocycles. The van der Waals surface area contributed by atoms with Gasteiger partial charge in [-0.05, 0) is 19.1 Å². The van der Waals surface area contributed by atoms with E-state index in [1.54, 1.807) is 20.0 Å². The Labute approximate surface area is 157 Å². The third-order valence-electron chi connectivity index (χ3n) is 4.18. The molecular weight excluding hydrogens is 372 g/mol. The number of aryl methyl sites for hydroxylation is 1. The number of urea groups is 1. The Bertz CT molecular complexity index is 1050. The number of aromatic nitrogens is 5. The van der Waals surface area contributed by atoms with E-state index in [-0.39, 0.29) is 29.1 Å². The van der Waals surface area contributed by atoms with Crippen molar-refractivity contribution in [2.45, 2.75) is 19.4 Å². The van der Waals surface area contributed by atoms with Gasteiger partial charge in [0.1, 0.15) is 11.6 Å². The fraction of sp³-hybridized carbons (Fsp3) is 0.235. The van der Waals surface area contributed by atoms with Crippen LogP contribution in [0.5, 0.6) is 0 Å². The van der Waals surface area contributed by atoms with Gasteiger partial charge < -0.3 is 15.2 Å². The summed E-state index contributed by atoms with van der Waals surface area (Å²) in [5.74, 6) is -1.32. The molecule has 1 unspecified atom stereocenters. The smallest absolute Gasteiger partial charge is 0.319 e. The third-order valence-corrected chi connectivity index (χ3v) is 4.18. The van der Waals surface area contributed by atoms with Crippen molar-refractivity contribution in [3.05, 3.63) is 69.4 Å². The molecule has 9 nitrogen and oxygen atoms in total. The molecule has 0 spiro atoms. The monoisotopic (exact) mass is 389 g/mol. The van der Waals surface area contributed by atoms with Crippen LogP contribution in [0.1, 0.15) is 23.1 Å². The van der Waals surface area contributed by atoms with E-state index in [4.69, 9.17) is 0 Å². The highest BCUT2D eigenvalue weighted by Crippen LogP contribution is 2.21. The first-order valence-corrected chi connectivity index (χ1v) is 8.26. The Kier molecular flexibility index (Phi) is 5.43. The molecule has 0 radical (unpaired) electrons. The summed E-state index contributed by atoms with van der Waals surface area (Å²) in [5.41, 5.74) is 0.705. The normalized spacial score (nSPS) is 11.9. The Hall–Kier alpha value is -3.63. The van der Waals surface area contributed by atoms with Gasteiger partial charge >= 0.3 is 6.03 Å². The molecule has 11 heteroatoms. The number of amides is 2. The molecule has 2 amide bonds. The van der Waals surface area contributed by atoms with Crippen molar-refractivity contribution in [3.8, 4) is 0 Å². The molecule has 1 atom stereocenters. The van der Waals surface area contributed by atoms with Crippen LogP contribution in [0.4, 0.5) is 19.3 Å². The number of carbonyl (C=O) groups excluding carboxylic acids is 1. The second-order valence-corrected chi connectivity index (χ2v) is 6.13. The van der Waals surface area contributed by atoms with Gasteiger partial charge in [0, 0.05) is 42.5 Å². The van der Waals surface area contributed by atoms with E-state index >= 15 is 0 Å². The lowest BCUT2D eigenvalue weighted by Crippen LogP contribution is -2.35. The van der Waals surface area contributed by atoms with Gasteiger partial charge in [-0.1, -0.05) is 11.3 Å². The highest BCUT2D eigenvalue weighted by atomic mass is 19.1. The fourth-order valence-corrected chi connectivity index (χ4v) is 2.64. The van der Waals surface area contributed by atoms with Crippen LogP contribution in [0.25, 0.3) is 0 Å². The van der Waals surface area contributed by atoms with Gasteiger partial charge in [-0.3, -0.25) is 4.79 Å². The van der Waals surface area contributed by atoms with E-state index in [0.717, 1.165) is 12.1 Å². The summed E-state index contributed by atoms with van der Waals surface area (Å²) in [6.07, 6.45) is 0.0159. The predicted octanol–water partition coefficient (Wildman–Crippen LogP) is 1.59. The molecule has 0 saturated heterocycles. The van der Waals surface area contributed by atoms with Crippen LogP contribution >= 0.6 is 0 Å². The number of tetrazole rings is 1. The highest BCUT2D eigenvalue weighted by Gasteiger charge is 2.21. The van der Waals surface area contributed by atoms with Crippen molar-refractivity contribution in [3.63, 3.8) is 0 Å². The SMILES string of the molecule is Cc1cc(NC(=O)NC(Cc2nn[nH]n2)c2ccc(F)cc2F)cc(=O)n1C. The molecule has 0 aliphatic rings. The summed E-state index contributed by atoms with van der Waals surface area (Å²) in [7, 11) is 1.61. The van der Waals surface area contributed by atoms with Crippen molar-refractivity contribution in [1.82, 2.24) is 30.5 Å². The van der Waals surface area contributed by atoms with Gasteiger partial charge in [0.05, 0.1) is 6.04 Å². The second kappa shape index (κ2) is 7.94. The zero-order chi connectivity index (χ0) is 20.3. The number of hydrogen-bond acceptors (Lipinski definition) is 5. The predicted molar refractivity (Wildman–Crippen MR) is 95.6 cm³/mol. The fourth-order valence-electron chi connectivity index (χ4n) is 2.64. The molecular formula is C17H17F2N7O2. The average molecular weight is 389 g/mol. The van der Waals surface area contributed by atoms with E-state index in [1.807, 2.05) is 0 Å². The molecule has 0 aliphatic carbocycles. The lowest BCUT2D eigenvalue weighted by molar-refractivity contribution is 0.248. The Morgan fingerprint density at radius 2 is 2.07 bits per heavy atom. The van der Waals surface area contributed by atoms with Gasteiger partial charge in [-0.25, -0.2) is 13.6 Å². The van der Waals surface area contributed by atoms with Crippen molar-refractivity contribution in [2.75, 3.05) is 5.32 Å². The van der Waals surface area contributed by atoms with E-state index in [9.17, 15) is 18.4 Å². The topological polar surface area (TPSA) is 118 Å². The van der Waals surface area contributed by atoms with Gasteiger partial charge in [0.15, 0.2) is 5.82 Å².